The van der Waals surface area contributed by atoms with E-state index in [0.717, 1.165) is 44.7 Å². The molecule has 0 amide bonds. The van der Waals surface area contributed by atoms with E-state index in [-0.39, 0.29) is 0 Å². The highest BCUT2D eigenvalue weighted by molar-refractivity contribution is 6.09. The standard InChI is InChI=1S/C24H26N2O4/c1-28-18-6-4-5-16(11-18)25-14-17(27)15-26-23-9-7-19(29-2)12-21(23)22-13-20(30-3)8-10-24(22)26/h4-13,17,25,27H,14-15H2,1-3H3. The highest BCUT2D eigenvalue weighted by Crippen LogP contribution is 2.34. The van der Waals surface area contributed by atoms with Crippen molar-refractivity contribution in [3.63, 3.8) is 0 Å². The first-order valence-electron chi connectivity index (χ1n) is 9.83. The second kappa shape index (κ2) is 8.55. The van der Waals surface area contributed by atoms with Crippen molar-refractivity contribution in [2.24, 2.45) is 0 Å². The third-order valence-electron chi connectivity index (χ3n) is 5.28. The third-order valence-corrected chi connectivity index (χ3v) is 5.28. The van der Waals surface area contributed by atoms with E-state index in [9.17, 15) is 5.11 Å². The molecule has 6 nitrogen and oxygen atoms in total. The second-order valence-electron chi connectivity index (χ2n) is 7.14. The van der Waals surface area contributed by atoms with Crippen LogP contribution < -0.4 is 19.5 Å². The summed E-state index contributed by atoms with van der Waals surface area (Å²) in [6, 6.07) is 19.7. The normalized spacial score (nSPS) is 12.1. The van der Waals surface area contributed by atoms with Gasteiger partial charge in [0.05, 0.1) is 34.0 Å². The zero-order valence-electron chi connectivity index (χ0n) is 17.4. The van der Waals surface area contributed by atoms with Crippen LogP contribution >= 0.6 is 0 Å². The molecule has 0 aliphatic rings. The number of hydrogen-bond acceptors (Lipinski definition) is 5. The van der Waals surface area contributed by atoms with Crippen LogP contribution in [0.1, 0.15) is 0 Å². The molecule has 1 unspecified atom stereocenters. The van der Waals surface area contributed by atoms with E-state index in [2.05, 4.69) is 9.88 Å². The third kappa shape index (κ3) is 3.86. The monoisotopic (exact) mass is 406 g/mol. The maximum absolute atomic E-state index is 10.8. The minimum atomic E-state index is -0.584. The van der Waals surface area contributed by atoms with Crippen LogP contribution in [0.15, 0.2) is 60.7 Å². The molecule has 0 aliphatic heterocycles. The number of nitrogens with zero attached hydrogens (tertiary/aromatic N) is 1. The average Bonchev–Trinajstić information content (AvgIpc) is 3.09. The van der Waals surface area contributed by atoms with Crippen molar-refractivity contribution in [1.82, 2.24) is 4.57 Å². The number of anilines is 1. The van der Waals surface area contributed by atoms with Gasteiger partial charge in [-0.25, -0.2) is 0 Å². The molecule has 1 atom stereocenters. The number of benzene rings is 3. The van der Waals surface area contributed by atoms with Crippen LogP contribution in [-0.2, 0) is 6.54 Å². The molecular weight excluding hydrogens is 380 g/mol. The molecule has 6 heteroatoms. The zero-order chi connectivity index (χ0) is 21.1. The summed E-state index contributed by atoms with van der Waals surface area (Å²) in [5.41, 5.74) is 2.99. The zero-order valence-corrected chi connectivity index (χ0v) is 17.4. The Labute approximate surface area is 175 Å². The Bertz CT molecular complexity index is 1110. The van der Waals surface area contributed by atoms with Gasteiger partial charge in [-0.2, -0.15) is 0 Å². The summed E-state index contributed by atoms with van der Waals surface area (Å²) in [4.78, 5) is 0. The first-order valence-corrected chi connectivity index (χ1v) is 9.83. The Morgan fingerprint density at radius 1 is 0.800 bits per heavy atom. The van der Waals surface area contributed by atoms with Gasteiger partial charge in [0.2, 0.25) is 0 Å². The van der Waals surface area contributed by atoms with E-state index in [0.29, 0.717) is 13.1 Å². The molecule has 30 heavy (non-hydrogen) atoms. The van der Waals surface area contributed by atoms with Crippen molar-refractivity contribution < 1.29 is 19.3 Å². The van der Waals surface area contributed by atoms with Crippen molar-refractivity contribution in [3.05, 3.63) is 60.7 Å². The maximum Gasteiger partial charge on any atom is 0.120 e. The molecule has 4 aromatic rings. The van der Waals surface area contributed by atoms with Gasteiger partial charge in [0.1, 0.15) is 17.2 Å². The van der Waals surface area contributed by atoms with Crippen LogP contribution in [0.2, 0.25) is 0 Å². The summed E-state index contributed by atoms with van der Waals surface area (Å²) in [5, 5.41) is 16.2. The average molecular weight is 406 g/mol. The minimum Gasteiger partial charge on any atom is -0.497 e. The highest BCUT2D eigenvalue weighted by Gasteiger charge is 2.15. The first-order chi connectivity index (χ1) is 14.6. The van der Waals surface area contributed by atoms with Crippen LogP contribution in [-0.4, -0.2) is 43.7 Å². The fourth-order valence-corrected chi connectivity index (χ4v) is 3.76. The highest BCUT2D eigenvalue weighted by atomic mass is 16.5. The number of methoxy groups -OCH3 is 3. The smallest absolute Gasteiger partial charge is 0.120 e. The number of ether oxygens (including phenoxy) is 3. The van der Waals surface area contributed by atoms with Crippen molar-refractivity contribution in [1.29, 1.82) is 0 Å². The molecule has 1 heterocycles. The van der Waals surface area contributed by atoms with E-state index in [1.54, 1.807) is 21.3 Å². The number of aliphatic hydroxyl groups excluding tert-OH is 1. The molecule has 0 radical (unpaired) electrons. The Morgan fingerprint density at radius 2 is 1.37 bits per heavy atom. The van der Waals surface area contributed by atoms with Crippen LogP contribution in [0.4, 0.5) is 5.69 Å². The molecule has 0 aliphatic carbocycles. The summed E-state index contributed by atoms with van der Waals surface area (Å²) in [6.45, 7) is 0.871. The van der Waals surface area contributed by atoms with Crippen LogP contribution in [0.3, 0.4) is 0 Å². The van der Waals surface area contributed by atoms with Gasteiger partial charge in [-0.05, 0) is 48.5 Å². The molecule has 4 rings (SSSR count). The van der Waals surface area contributed by atoms with E-state index >= 15 is 0 Å². The predicted molar refractivity (Wildman–Crippen MR) is 120 cm³/mol. The first kappa shape index (κ1) is 19.9. The molecule has 1 aromatic heterocycles. The number of hydrogen-bond donors (Lipinski definition) is 2. The Hall–Kier alpha value is -3.38. The van der Waals surface area contributed by atoms with E-state index < -0.39 is 6.10 Å². The summed E-state index contributed by atoms with van der Waals surface area (Å²) in [5.74, 6) is 2.37. The van der Waals surface area contributed by atoms with Crippen LogP contribution in [0.25, 0.3) is 21.8 Å². The van der Waals surface area contributed by atoms with Crippen LogP contribution in [0.5, 0.6) is 17.2 Å². The van der Waals surface area contributed by atoms with Gasteiger partial charge in [0.15, 0.2) is 0 Å². The summed E-state index contributed by atoms with van der Waals surface area (Å²) in [7, 11) is 4.96. The lowest BCUT2D eigenvalue weighted by atomic mass is 10.1. The van der Waals surface area contributed by atoms with Crippen molar-refractivity contribution >= 4 is 27.5 Å². The number of aromatic nitrogens is 1. The fourth-order valence-electron chi connectivity index (χ4n) is 3.76. The molecular formula is C24H26N2O4. The van der Waals surface area contributed by atoms with Gasteiger partial charge >= 0.3 is 0 Å². The number of aliphatic hydroxyl groups is 1. The molecule has 2 N–H and O–H groups in total. The fraction of sp³-hybridized carbons (Fsp3) is 0.250. The molecule has 0 saturated carbocycles. The van der Waals surface area contributed by atoms with Crippen molar-refractivity contribution in [2.75, 3.05) is 33.2 Å². The van der Waals surface area contributed by atoms with Gasteiger partial charge in [-0.15, -0.1) is 0 Å². The van der Waals surface area contributed by atoms with Gasteiger partial charge in [-0.3, -0.25) is 0 Å². The van der Waals surface area contributed by atoms with E-state index in [4.69, 9.17) is 14.2 Å². The topological polar surface area (TPSA) is 64.9 Å². The molecule has 3 aromatic carbocycles. The lowest BCUT2D eigenvalue weighted by Crippen LogP contribution is -2.24. The minimum absolute atomic E-state index is 0.417. The quantitative estimate of drug-likeness (QED) is 0.457. The second-order valence-corrected chi connectivity index (χ2v) is 7.14. The summed E-state index contributed by atoms with van der Waals surface area (Å²) in [6.07, 6.45) is -0.584. The lowest BCUT2D eigenvalue weighted by molar-refractivity contribution is 0.169. The summed E-state index contributed by atoms with van der Waals surface area (Å²) < 4.78 is 18.2. The van der Waals surface area contributed by atoms with E-state index in [1.807, 2.05) is 60.7 Å². The van der Waals surface area contributed by atoms with Crippen molar-refractivity contribution in [2.45, 2.75) is 12.6 Å². The molecule has 0 spiro atoms. The Balaban J connectivity index is 1.63. The Kier molecular flexibility index (Phi) is 5.68. The van der Waals surface area contributed by atoms with Gasteiger partial charge in [0.25, 0.3) is 0 Å². The van der Waals surface area contributed by atoms with Gasteiger partial charge < -0.3 is 29.2 Å². The molecule has 0 bridgehead atoms. The van der Waals surface area contributed by atoms with Crippen molar-refractivity contribution in [3.8, 4) is 17.2 Å². The number of fused-ring (bicyclic) bond motifs is 3. The molecule has 0 saturated heterocycles. The SMILES string of the molecule is COc1cccc(NCC(O)Cn2c3ccc(OC)cc3c3cc(OC)ccc32)c1. The predicted octanol–water partition coefficient (Wildman–Crippen LogP) is 4.29. The molecule has 0 fully saturated rings. The summed E-state index contributed by atoms with van der Waals surface area (Å²) >= 11 is 0. The lowest BCUT2D eigenvalue weighted by Gasteiger charge is -2.16. The van der Waals surface area contributed by atoms with Crippen LogP contribution in [0, 0.1) is 0 Å². The van der Waals surface area contributed by atoms with E-state index in [1.165, 1.54) is 0 Å². The maximum atomic E-state index is 10.8. The largest absolute Gasteiger partial charge is 0.497 e. The van der Waals surface area contributed by atoms with Gasteiger partial charge in [0, 0.05) is 40.1 Å². The number of nitrogens with one attached hydrogen (secondary N) is 1. The number of rotatable bonds is 8. The molecule has 156 valence electrons. The Morgan fingerprint density at radius 3 is 1.93 bits per heavy atom. The van der Waals surface area contributed by atoms with Gasteiger partial charge in [-0.1, -0.05) is 6.07 Å².